The molecule has 0 fully saturated rings. The Bertz CT molecular complexity index is 543. The van der Waals surface area contributed by atoms with E-state index in [1.54, 1.807) is 19.0 Å². The van der Waals surface area contributed by atoms with E-state index in [4.69, 9.17) is 0 Å². The summed E-state index contributed by atoms with van der Waals surface area (Å²) in [7, 11) is 5.54. The smallest absolute Gasteiger partial charge is 0.222 e. The number of carbonyl (C=O) groups is 1. The van der Waals surface area contributed by atoms with Crippen LogP contribution in [0, 0.1) is 0 Å². The minimum absolute atomic E-state index is 0.136. The summed E-state index contributed by atoms with van der Waals surface area (Å²) in [6, 6.07) is 8.01. The van der Waals surface area contributed by atoms with Gasteiger partial charge in [-0.25, -0.2) is 4.98 Å². The molecule has 1 amide bonds. The second-order valence-electron chi connectivity index (χ2n) is 4.36. The van der Waals surface area contributed by atoms with Gasteiger partial charge in [0.1, 0.15) is 5.82 Å². The van der Waals surface area contributed by atoms with Crippen LogP contribution in [0.5, 0.6) is 0 Å². The number of aromatic nitrogens is 2. The van der Waals surface area contributed by atoms with Crippen LogP contribution in [-0.4, -0.2) is 34.5 Å². The van der Waals surface area contributed by atoms with E-state index in [-0.39, 0.29) is 5.91 Å². The van der Waals surface area contributed by atoms with E-state index in [2.05, 4.69) is 9.55 Å². The number of hydrogen-bond donors (Lipinski definition) is 0. The molecule has 0 N–H and O–H groups in total. The van der Waals surface area contributed by atoms with Gasteiger partial charge in [0.05, 0.1) is 11.0 Å². The van der Waals surface area contributed by atoms with Gasteiger partial charge in [0.2, 0.25) is 5.91 Å². The molecule has 0 aliphatic carbocycles. The molecule has 90 valence electrons. The van der Waals surface area contributed by atoms with Crippen molar-refractivity contribution in [2.24, 2.45) is 7.05 Å². The molecular formula is C13H17N3O. The zero-order valence-corrected chi connectivity index (χ0v) is 10.5. The minimum atomic E-state index is 0.136. The van der Waals surface area contributed by atoms with Gasteiger partial charge in [-0.1, -0.05) is 12.1 Å². The Morgan fingerprint density at radius 1 is 1.35 bits per heavy atom. The SMILES string of the molecule is CN(C)C(=O)CCc1nc2ccccc2n1C. The number of benzene rings is 1. The average Bonchev–Trinajstić information content (AvgIpc) is 2.64. The van der Waals surface area contributed by atoms with E-state index in [1.165, 1.54) is 0 Å². The Balaban J connectivity index is 2.19. The number of nitrogens with zero attached hydrogens (tertiary/aromatic N) is 3. The van der Waals surface area contributed by atoms with Gasteiger partial charge in [-0.15, -0.1) is 0 Å². The van der Waals surface area contributed by atoms with Crippen LogP contribution in [-0.2, 0) is 18.3 Å². The molecule has 17 heavy (non-hydrogen) atoms. The third kappa shape index (κ3) is 2.30. The van der Waals surface area contributed by atoms with Crippen molar-refractivity contribution in [3.05, 3.63) is 30.1 Å². The predicted molar refractivity (Wildman–Crippen MR) is 67.7 cm³/mol. The normalized spacial score (nSPS) is 10.8. The highest BCUT2D eigenvalue weighted by molar-refractivity contribution is 5.77. The maximum Gasteiger partial charge on any atom is 0.222 e. The van der Waals surface area contributed by atoms with Gasteiger partial charge >= 0.3 is 0 Å². The van der Waals surface area contributed by atoms with Crippen LogP contribution in [0.15, 0.2) is 24.3 Å². The van der Waals surface area contributed by atoms with Crippen LogP contribution in [0.2, 0.25) is 0 Å². The van der Waals surface area contributed by atoms with Crippen molar-refractivity contribution in [1.29, 1.82) is 0 Å². The van der Waals surface area contributed by atoms with Crippen molar-refractivity contribution in [1.82, 2.24) is 14.5 Å². The second kappa shape index (κ2) is 4.57. The first-order chi connectivity index (χ1) is 8.09. The molecular weight excluding hydrogens is 214 g/mol. The number of carbonyl (C=O) groups excluding carboxylic acids is 1. The zero-order valence-electron chi connectivity index (χ0n) is 10.5. The van der Waals surface area contributed by atoms with Gasteiger partial charge in [-0.05, 0) is 12.1 Å². The van der Waals surface area contributed by atoms with Crippen molar-refractivity contribution in [2.45, 2.75) is 12.8 Å². The lowest BCUT2D eigenvalue weighted by molar-refractivity contribution is -0.128. The topological polar surface area (TPSA) is 38.1 Å². The quantitative estimate of drug-likeness (QED) is 0.804. The lowest BCUT2D eigenvalue weighted by Crippen LogP contribution is -2.22. The number of imidazole rings is 1. The minimum Gasteiger partial charge on any atom is -0.349 e. The summed E-state index contributed by atoms with van der Waals surface area (Å²) in [6.45, 7) is 0. The van der Waals surface area contributed by atoms with E-state index >= 15 is 0 Å². The average molecular weight is 231 g/mol. The molecule has 0 radical (unpaired) electrons. The fourth-order valence-electron chi connectivity index (χ4n) is 1.86. The molecule has 4 heteroatoms. The molecule has 0 aliphatic heterocycles. The van der Waals surface area contributed by atoms with Crippen LogP contribution >= 0.6 is 0 Å². The number of aryl methyl sites for hydroxylation is 2. The molecule has 0 saturated carbocycles. The zero-order chi connectivity index (χ0) is 12.4. The monoisotopic (exact) mass is 231 g/mol. The Labute approximate surface area is 101 Å². The molecule has 0 atom stereocenters. The van der Waals surface area contributed by atoms with Gasteiger partial charge in [-0.3, -0.25) is 4.79 Å². The summed E-state index contributed by atoms with van der Waals surface area (Å²) in [6.07, 6.45) is 1.19. The number of rotatable bonds is 3. The fraction of sp³-hybridized carbons (Fsp3) is 0.385. The van der Waals surface area contributed by atoms with Gasteiger partial charge in [-0.2, -0.15) is 0 Å². The maximum atomic E-state index is 11.5. The molecule has 4 nitrogen and oxygen atoms in total. The van der Waals surface area contributed by atoms with Crippen molar-refractivity contribution >= 4 is 16.9 Å². The molecule has 2 rings (SSSR count). The fourth-order valence-corrected chi connectivity index (χ4v) is 1.86. The molecule has 0 aliphatic rings. The lowest BCUT2D eigenvalue weighted by atomic mass is 10.3. The molecule has 0 bridgehead atoms. The number of amides is 1. The van der Waals surface area contributed by atoms with E-state index in [1.807, 2.05) is 31.3 Å². The van der Waals surface area contributed by atoms with Crippen LogP contribution in [0.4, 0.5) is 0 Å². The number of para-hydroxylation sites is 2. The largest absolute Gasteiger partial charge is 0.349 e. The first-order valence-electron chi connectivity index (χ1n) is 5.70. The highest BCUT2D eigenvalue weighted by atomic mass is 16.2. The summed E-state index contributed by atoms with van der Waals surface area (Å²) < 4.78 is 2.05. The van der Waals surface area contributed by atoms with Crippen LogP contribution < -0.4 is 0 Å². The number of hydrogen-bond acceptors (Lipinski definition) is 2. The summed E-state index contributed by atoms with van der Waals surface area (Å²) in [4.78, 5) is 17.7. The molecule has 2 aromatic rings. The Morgan fingerprint density at radius 3 is 2.71 bits per heavy atom. The van der Waals surface area contributed by atoms with E-state index in [0.717, 1.165) is 16.9 Å². The standard InChI is InChI=1S/C13H17N3O/c1-15(2)13(17)9-8-12-14-10-6-4-5-7-11(10)16(12)3/h4-7H,8-9H2,1-3H3. The molecule has 0 saturated heterocycles. The van der Waals surface area contributed by atoms with Crippen molar-refractivity contribution in [3.8, 4) is 0 Å². The van der Waals surface area contributed by atoms with Gasteiger partial charge in [0.25, 0.3) is 0 Å². The van der Waals surface area contributed by atoms with Crippen molar-refractivity contribution in [3.63, 3.8) is 0 Å². The van der Waals surface area contributed by atoms with Gasteiger partial charge in [0.15, 0.2) is 0 Å². The first kappa shape index (κ1) is 11.6. The third-order valence-electron chi connectivity index (χ3n) is 2.94. The molecule has 1 aromatic heterocycles. The summed E-state index contributed by atoms with van der Waals surface area (Å²) in [5.74, 6) is 1.10. The van der Waals surface area contributed by atoms with Crippen molar-refractivity contribution in [2.75, 3.05) is 14.1 Å². The van der Waals surface area contributed by atoms with E-state index in [0.29, 0.717) is 12.8 Å². The Kier molecular flexibility index (Phi) is 3.13. The maximum absolute atomic E-state index is 11.5. The molecule has 1 aromatic carbocycles. The number of fused-ring (bicyclic) bond motifs is 1. The predicted octanol–water partition coefficient (Wildman–Crippen LogP) is 1.59. The molecule has 1 heterocycles. The molecule has 0 spiro atoms. The van der Waals surface area contributed by atoms with Gasteiger partial charge < -0.3 is 9.47 Å². The van der Waals surface area contributed by atoms with Crippen LogP contribution in [0.25, 0.3) is 11.0 Å². The van der Waals surface area contributed by atoms with Crippen molar-refractivity contribution < 1.29 is 4.79 Å². The second-order valence-corrected chi connectivity index (χ2v) is 4.36. The lowest BCUT2D eigenvalue weighted by Gasteiger charge is -2.09. The first-order valence-corrected chi connectivity index (χ1v) is 5.70. The van der Waals surface area contributed by atoms with Gasteiger partial charge in [0, 0.05) is 34.0 Å². The Morgan fingerprint density at radius 2 is 2.06 bits per heavy atom. The molecule has 0 unspecified atom stereocenters. The van der Waals surface area contributed by atoms with Crippen LogP contribution in [0.1, 0.15) is 12.2 Å². The van der Waals surface area contributed by atoms with E-state index < -0.39 is 0 Å². The summed E-state index contributed by atoms with van der Waals surface area (Å²) >= 11 is 0. The summed E-state index contributed by atoms with van der Waals surface area (Å²) in [5, 5.41) is 0. The third-order valence-corrected chi connectivity index (χ3v) is 2.94. The van der Waals surface area contributed by atoms with E-state index in [9.17, 15) is 4.79 Å². The summed E-state index contributed by atoms with van der Waals surface area (Å²) in [5.41, 5.74) is 2.10. The highest BCUT2D eigenvalue weighted by Crippen LogP contribution is 2.15. The highest BCUT2D eigenvalue weighted by Gasteiger charge is 2.10. The van der Waals surface area contributed by atoms with Crippen LogP contribution in [0.3, 0.4) is 0 Å². The Hall–Kier alpha value is -1.84.